The molecule has 0 fully saturated rings. The fourth-order valence-corrected chi connectivity index (χ4v) is 2.93. The number of aryl methyl sites for hydroxylation is 1. The maximum Gasteiger partial charge on any atom is 0.252 e. The van der Waals surface area contributed by atoms with Crippen LogP contribution in [-0.2, 0) is 19.6 Å². The van der Waals surface area contributed by atoms with E-state index < -0.39 is 6.10 Å². The molecule has 8 heteroatoms. The van der Waals surface area contributed by atoms with Gasteiger partial charge in [-0.05, 0) is 25.5 Å². The molecule has 0 unspecified atom stereocenters. The average Bonchev–Trinajstić information content (AvgIpc) is 3.06. The van der Waals surface area contributed by atoms with Gasteiger partial charge in [-0.2, -0.15) is 10.1 Å². The van der Waals surface area contributed by atoms with Gasteiger partial charge < -0.3 is 5.11 Å². The molecule has 8 nitrogen and oxygen atoms in total. The predicted octanol–water partition coefficient (Wildman–Crippen LogP) is 0.780. The number of hydrogen-bond donors (Lipinski definition) is 1. The van der Waals surface area contributed by atoms with Crippen LogP contribution in [0.4, 0.5) is 0 Å². The van der Waals surface area contributed by atoms with Gasteiger partial charge in [0.1, 0.15) is 0 Å². The highest BCUT2D eigenvalue weighted by Crippen LogP contribution is 2.18. The summed E-state index contributed by atoms with van der Waals surface area (Å²) >= 11 is 0. The first-order valence-corrected chi connectivity index (χ1v) is 7.82. The van der Waals surface area contributed by atoms with Crippen molar-refractivity contribution < 1.29 is 5.11 Å². The predicted molar refractivity (Wildman–Crippen MR) is 82.4 cm³/mol. The summed E-state index contributed by atoms with van der Waals surface area (Å²) in [7, 11) is 0. The Kier molecular flexibility index (Phi) is 3.55. The van der Waals surface area contributed by atoms with Crippen LogP contribution in [0.15, 0.2) is 24.5 Å². The molecule has 1 aliphatic heterocycles. The highest BCUT2D eigenvalue weighted by atomic mass is 16.3. The topological polar surface area (TPSA) is 84.4 Å². The van der Waals surface area contributed by atoms with Gasteiger partial charge in [0, 0.05) is 32.0 Å². The van der Waals surface area contributed by atoms with Crippen molar-refractivity contribution in [1.29, 1.82) is 0 Å². The Labute approximate surface area is 133 Å². The third-order valence-electron chi connectivity index (χ3n) is 4.07. The van der Waals surface area contributed by atoms with E-state index in [0.717, 1.165) is 43.3 Å². The molecule has 120 valence electrons. The molecular weight excluding hydrogens is 294 g/mol. The normalized spacial score (nSPS) is 17.1. The van der Waals surface area contributed by atoms with Crippen LogP contribution in [0.2, 0.25) is 0 Å². The second-order valence-corrected chi connectivity index (χ2v) is 5.92. The Morgan fingerprint density at radius 1 is 1.30 bits per heavy atom. The lowest BCUT2D eigenvalue weighted by Crippen LogP contribution is -2.23. The molecule has 3 aromatic rings. The van der Waals surface area contributed by atoms with E-state index >= 15 is 0 Å². The first-order chi connectivity index (χ1) is 11.2. The van der Waals surface area contributed by atoms with Crippen LogP contribution in [0, 0.1) is 0 Å². The summed E-state index contributed by atoms with van der Waals surface area (Å²) < 4.78 is 3.70. The summed E-state index contributed by atoms with van der Waals surface area (Å²) in [5, 5.41) is 18.7. The zero-order valence-corrected chi connectivity index (χ0v) is 13.0. The lowest BCUT2D eigenvalue weighted by molar-refractivity contribution is 0.193. The van der Waals surface area contributed by atoms with Gasteiger partial charge in [0.15, 0.2) is 5.82 Å². The van der Waals surface area contributed by atoms with Gasteiger partial charge in [0.2, 0.25) is 0 Å². The molecule has 3 aromatic heterocycles. The minimum Gasteiger partial charge on any atom is -0.387 e. The van der Waals surface area contributed by atoms with E-state index in [1.54, 1.807) is 17.6 Å². The van der Waals surface area contributed by atoms with Crippen LogP contribution in [0.25, 0.3) is 5.78 Å². The number of rotatable bonds is 3. The number of fused-ring (bicyclic) bond motifs is 2. The van der Waals surface area contributed by atoms with E-state index in [4.69, 9.17) is 0 Å². The van der Waals surface area contributed by atoms with Crippen molar-refractivity contribution in [2.75, 3.05) is 6.54 Å². The standard InChI is InChI=1S/C15H19N7O/c1-11(23)13-8-12-9-20(5-3-7-21(12)18-13)10-14-17-15-16-4-2-6-22(15)19-14/h2,4,6,8,11,23H,3,5,7,9-10H2,1H3/t11-/m1/s1. The summed E-state index contributed by atoms with van der Waals surface area (Å²) in [6.07, 6.45) is 4.05. The molecule has 0 amide bonds. The summed E-state index contributed by atoms with van der Waals surface area (Å²) in [5.74, 6) is 1.39. The number of nitrogens with zero attached hydrogens (tertiary/aromatic N) is 7. The molecule has 0 saturated carbocycles. The quantitative estimate of drug-likeness (QED) is 0.769. The zero-order chi connectivity index (χ0) is 15.8. The molecule has 0 saturated heterocycles. The van der Waals surface area contributed by atoms with E-state index in [0.29, 0.717) is 12.3 Å². The maximum atomic E-state index is 9.71. The summed E-state index contributed by atoms with van der Waals surface area (Å²) in [5.41, 5.74) is 1.86. The van der Waals surface area contributed by atoms with Crippen molar-refractivity contribution in [3.05, 3.63) is 41.7 Å². The molecule has 0 radical (unpaired) electrons. The molecule has 0 spiro atoms. The fraction of sp³-hybridized carbons (Fsp3) is 0.467. The van der Waals surface area contributed by atoms with Crippen molar-refractivity contribution in [2.45, 2.75) is 39.1 Å². The van der Waals surface area contributed by atoms with Gasteiger partial charge in [0.05, 0.1) is 24.0 Å². The van der Waals surface area contributed by atoms with Crippen molar-refractivity contribution in [3.8, 4) is 0 Å². The smallest absolute Gasteiger partial charge is 0.252 e. The molecule has 0 aromatic carbocycles. The van der Waals surface area contributed by atoms with Crippen LogP contribution in [0.5, 0.6) is 0 Å². The van der Waals surface area contributed by atoms with E-state index in [9.17, 15) is 5.11 Å². The highest BCUT2D eigenvalue weighted by molar-refractivity contribution is 5.24. The number of aromatic nitrogens is 6. The van der Waals surface area contributed by atoms with Gasteiger partial charge >= 0.3 is 0 Å². The van der Waals surface area contributed by atoms with Gasteiger partial charge in [0.25, 0.3) is 5.78 Å². The van der Waals surface area contributed by atoms with E-state index in [-0.39, 0.29) is 0 Å². The van der Waals surface area contributed by atoms with Crippen molar-refractivity contribution in [2.24, 2.45) is 0 Å². The van der Waals surface area contributed by atoms with Crippen LogP contribution in [0.3, 0.4) is 0 Å². The monoisotopic (exact) mass is 313 g/mol. The van der Waals surface area contributed by atoms with Crippen LogP contribution >= 0.6 is 0 Å². The second kappa shape index (κ2) is 5.71. The van der Waals surface area contributed by atoms with E-state index in [1.165, 1.54) is 0 Å². The van der Waals surface area contributed by atoms with Gasteiger partial charge in [-0.15, -0.1) is 5.10 Å². The molecule has 4 heterocycles. The van der Waals surface area contributed by atoms with Crippen molar-refractivity contribution in [1.82, 2.24) is 34.3 Å². The van der Waals surface area contributed by atoms with Gasteiger partial charge in [-0.1, -0.05) is 0 Å². The Balaban J connectivity index is 1.54. The number of aliphatic hydroxyl groups excluding tert-OH is 1. The Morgan fingerprint density at radius 2 is 2.22 bits per heavy atom. The first kappa shape index (κ1) is 14.3. The summed E-state index contributed by atoms with van der Waals surface area (Å²) in [6.45, 7) is 5.05. The summed E-state index contributed by atoms with van der Waals surface area (Å²) in [4.78, 5) is 11.0. The van der Waals surface area contributed by atoms with E-state index in [1.807, 2.05) is 23.0 Å². The van der Waals surface area contributed by atoms with Gasteiger partial charge in [-0.25, -0.2) is 9.50 Å². The molecule has 1 atom stereocenters. The third-order valence-corrected chi connectivity index (χ3v) is 4.07. The second-order valence-electron chi connectivity index (χ2n) is 5.92. The highest BCUT2D eigenvalue weighted by Gasteiger charge is 2.19. The molecule has 1 N–H and O–H groups in total. The summed E-state index contributed by atoms with van der Waals surface area (Å²) in [6, 6.07) is 3.83. The molecule has 0 bridgehead atoms. The Hall–Kier alpha value is -2.32. The van der Waals surface area contributed by atoms with Crippen LogP contribution in [0.1, 0.15) is 36.7 Å². The maximum absolute atomic E-state index is 9.71. The first-order valence-electron chi connectivity index (χ1n) is 7.82. The molecule has 4 rings (SSSR count). The minimum absolute atomic E-state index is 0.533. The Bertz CT molecular complexity index is 789. The molecule has 1 aliphatic rings. The zero-order valence-electron chi connectivity index (χ0n) is 13.0. The number of aliphatic hydroxyl groups is 1. The number of hydrogen-bond acceptors (Lipinski definition) is 6. The molecular formula is C15H19N7O. The minimum atomic E-state index is -0.533. The molecule has 23 heavy (non-hydrogen) atoms. The SMILES string of the molecule is C[C@@H](O)c1cc2n(n1)CCCN(Cc1nc3ncccn3n1)C2. The largest absolute Gasteiger partial charge is 0.387 e. The van der Waals surface area contributed by atoms with Crippen molar-refractivity contribution >= 4 is 5.78 Å². The van der Waals surface area contributed by atoms with E-state index in [2.05, 4.69) is 25.1 Å². The van der Waals surface area contributed by atoms with Crippen LogP contribution in [-0.4, -0.2) is 45.9 Å². The lowest BCUT2D eigenvalue weighted by Gasteiger charge is -2.17. The Morgan fingerprint density at radius 3 is 3.04 bits per heavy atom. The average molecular weight is 313 g/mol. The third kappa shape index (κ3) is 2.82. The molecule has 0 aliphatic carbocycles. The van der Waals surface area contributed by atoms with Crippen LogP contribution < -0.4 is 0 Å². The van der Waals surface area contributed by atoms with Gasteiger partial charge in [-0.3, -0.25) is 9.58 Å². The lowest BCUT2D eigenvalue weighted by atomic mass is 10.2. The fourth-order valence-electron chi connectivity index (χ4n) is 2.93. The van der Waals surface area contributed by atoms with Crippen molar-refractivity contribution in [3.63, 3.8) is 0 Å².